The molecule has 0 unspecified atom stereocenters. The van der Waals surface area contributed by atoms with Crippen LogP contribution in [-0.2, 0) is 0 Å². The third-order valence-electron chi connectivity index (χ3n) is 4.92. The number of nitrogens with two attached hydrogens (primary N) is 1. The lowest BCUT2D eigenvalue weighted by atomic mass is 10.1. The highest BCUT2D eigenvalue weighted by Gasteiger charge is 2.19. The van der Waals surface area contributed by atoms with Gasteiger partial charge < -0.3 is 21.3 Å². The number of hydrogen-bond acceptors (Lipinski definition) is 7. The van der Waals surface area contributed by atoms with E-state index in [4.69, 9.17) is 17.3 Å². The van der Waals surface area contributed by atoms with Crippen molar-refractivity contribution in [2.75, 3.05) is 36.5 Å². The zero-order valence-corrected chi connectivity index (χ0v) is 16.7. The SMILES string of the molecule is CN1CCC(n2cc(Nc3ncc(Cl)c(Nc4ccc(F)c(N)c4)n3)cn2)CC1. The summed E-state index contributed by atoms with van der Waals surface area (Å²) in [6, 6.07) is 4.72. The van der Waals surface area contributed by atoms with Crippen molar-refractivity contribution in [1.82, 2.24) is 24.6 Å². The fraction of sp³-hybridized carbons (Fsp3) is 0.316. The summed E-state index contributed by atoms with van der Waals surface area (Å²) in [5.74, 6) is 0.279. The fourth-order valence-electron chi connectivity index (χ4n) is 3.26. The van der Waals surface area contributed by atoms with E-state index in [0.29, 0.717) is 28.5 Å². The van der Waals surface area contributed by atoms with Gasteiger partial charge in [0.05, 0.1) is 29.8 Å². The van der Waals surface area contributed by atoms with E-state index in [9.17, 15) is 4.39 Å². The second-order valence-electron chi connectivity index (χ2n) is 7.12. The molecular formula is C19H22ClFN8. The minimum atomic E-state index is -0.478. The van der Waals surface area contributed by atoms with Crippen molar-refractivity contribution in [3.8, 4) is 0 Å². The number of anilines is 5. The molecule has 0 aliphatic carbocycles. The first-order chi connectivity index (χ1) is 14.0. The third kappa shape index (κ3) is 4.57. The molecule has 0 atom stereocenters. The Morgan fingerprint density at radius 1 is 1.17 bits per heavy atom. The first kappa shape index (κ1) is 19.4. The van der Waals surface area contributed by atoms with Crippen LogP contribution < -0.4 is 16.4 Å². The number of rotatable bonds is 5. The molecule has 3 heterocycles. The Hall–Kier alpha value is -2.91. The lowest BCUT2D eigenvalue weighted by Gasteiger charge is -2.28. The molecular weight excluding hydrogens is 395 g/mol. The van der Waals surface area contributed by atoms with E-state index >= 15 is 0 Å². The minimum absolute atomic E-state index is 0.0415. The topological polar surface area (TPSA) is 96.9 Å². The quantitative estimate of drug-likeness (QED) is 0.544. The Bertz CT molecular complexity index is 1000. The summed E-state index contributed by atoms with van der Waals surface area (Å²) in [5, 5.41) is 11.0. The molecule has 0 amide bonds. The number of nitrogens with zero attached hydrogens (tertiary/aromatic N) is 5. The minimum Gasteiger partial charge on any atom is -0.396 e. The molecule has 152 valence electrons. The molecule has 1 aromatic carbocycles. The second kappa shape index (κ2) is 8.22. The van der Waals surface area contributed by atoms with Crippen LogP contribution in [0.4, 0.5) is 33.2 Å². The standard InChI is InChI=1S/C19H22ClFN8/c1-28-6-4-14(5-7-28)29-11-13(9-24-29)26-19-23-10-15(20)18(27-19)25-12-2-3-16(21)17(22)8-12/h2-3,8-11,14H,4-7,22H2,1H3,(H2,23,25,26,27). The van der Waals surface area contributed by atoms with Crippen molar-refractivity contribution in [3.63, 3.8) is 0 Å². The maximum atomic E-state index is 13.4. The van der Waals surface area contributed by atoms with E-state index in [-0.39, 0.29) is 5.69 Å². The first-order valence-electron chi connectivity index (χ1n) is 9.32. The van der Waals surface area contributed by atoms with Gasteiger partial charge in [0.2, 0.25) is 5.95 Å². The molecule has 0 spiro atoms. The summed E-state index contributed by atoms with van der Waals surface area (Å²) in [7, 11) is 2.13. The van der Waals surface area contributed by atoms with Crippen molar-refractivity contribution in [3.05, 3.63) is 47.6 Å². The third-order valence-corrected chi connectivity index (χ3v) is 5.20. The Morgan fingerprint density at radius 3 is 2.72 bits per heavy atom. The Balaban J connectivity index is 1.47. The van der Waals surface area contributed by atoms with Crippen LogP contribution in [0.3, 0.4) is 0 Å². The molecule has 0 bridgehead atoms. The highest BCUT2D eigenvalue weighted by atomic mass is 35.5. The highest BCUT2D eigenvalue weighted by Crippen LogP contribution is 2.27. The summed E-state index contributed by atoms with van der Waals surface area (Å²) in [5.41, 5.74) is 7.02. The van der Waals surface area contributed by atoms with Crippen LogP contribution in [-0.4, -0.2) is 44.8 Å². The van der Waals surface area contributed by atoms with Gasteiger partial charge in [0, 0.05) is 11.9 Å². The summed E-state index contributed by atoms with van der Waals surface area (Å²) in [6.07, 6.45) is 7.35. The zero-order valence-electron chi connectivity index (χ0n) is 15.9. The van der Waals surface area contributed by atoms with Gasteiger partial charge in [-0.15, -0.1) is 0 Å². The highest BCUT2D eigenvalue weighted by molar-refractivity contribution is 6.32. The van der Waals surface area contributed by atoms with E-state index < -0.39 is 5.82 Å². The number of benzene rings is 1. The maximum Gasteiger partial charge on any atom is 0.229 e. The molecule has 0 saturated carbocycles. The van der Waals surface area contributed by atoms with Crippen molar-refractivity contribution in [1.29, 1.82) is 0 Å². The summed E-state index contributed by atoms with van der Waals surface area (Å²) in [6.45, 7) is 2.13. The average molecular weight is 417 g/mol. The van der Waals surface area contributed by atoms with Gasteiger partial charge in [-0.1, -0.05) is 11.6 Å². The van der Waals surface area contributed by atoms with Gasteiger partial charge in [0.15, 0.2) is 5.82 Å². The Kier molecular flexibility index (Phi) is 5.50. The van der Waals surface area contributed by atoms with Crippen LogP contribution in [0.5, 0.6) is 0 Å². The molecule has 1 aliphatic rings. The largest absolute Gasteiger partial charge is 0.396 e. The van der Waals surface area contributed by atoms with Gasteiger partial charge in [-0.2, -0.15) is 10.1 Å². The molecule has 0 radical (unpaired) electrons. The van der Waals surface area contributed by atoms with E-state index in [2.05, 4.69) is 37.6 Å². The molecule has 4 rings (SSSR count). The number of halogens is 2. The molecule has 1 saturated heterocycles. The average Bonchev–Trinajstić information content (AvgIpc) is 3.16. The maximum absolute atomic E-state index is 13.4. The number of hydrogen-bond donors (Lipinski definition) is 3. The number of piperidine rings is 1. The molecule has 10 heteroatoms. The van der Waals surface area contributed by atoms with Crippen molar-refractivity contribution >= 4 is 40.4 Å². The lowest BCUT2D eigenvalue weighted by Crippen LogP contribution is -2.31. The van der Waals surface area contributed by atoms with Crippen LogP contribution in [0.15, 0.2) is 36.8 Å². The van der Waals surface area contributed by atoms with Crippen LogP contribution in [0, 0.1) is 5.82 Å². The normalized spacial score (nSPS) is 15.4. The predicted octanol–water partition coefficient (Wildman–Crippen LogP) is 3.80. The fourth-order valence-corrected chi connectivity index (χ4v) is 3.40. The second-order valence-corrected chi connectivity index (χ2v) is 7.53. The summed E-state index contributed by atoms with van der Waals surface area (Å²) < 4.78 is 15.3. The van der Waals surface area contributed by atoms with Gasteiger partial charge in [-0.25, -0.2) is 9.37 Å². The zero-order chi connectivity index (χ0) is 20.4. The van der Waals surface area contributed by atoms with E-state index in [1.165, 1.54) is 18.3 Å². The van der Waals surface area contributed by atoms with Gasteiger partial charge >= 0.3 is 0 Å². The van der Waals surface area contributed by atoms with Gasteiger partial charge in [0.1, 0.15) is 10.8 Å². The van der Waals surface area contributed by atoms with Crippen molar-refractivity contribution < 1.29 is 4.39 Å². The van der Waals surface area contributed by atoms with Crippen LogP contribution in [0.2, 0.25) is 5.02 Å². The monoisotopic (exact) mass is 416 g/mol. The number of nitrogens with one attached hydrogen (secondary N) is 2. The molecule has 3 aromatic rings. The lowest BCUT2D eigenvalue weighted by molar-refractivity contribution is 0.212. The molecule has 2 aromatic heterocycles. The van der Waals surface area contributed by atoms with E-state index in [0.717, 1.165) is 31.6 Å². The van der Waals surface area contributed by atoms with Crippen LogP contribution in [0.1, 0.15) is 18.9 Å². The summed E-state index contributed by atoms with van der Waals surface area (Å²) in [4.78, 5) is 10.9. The Morgan fingerprint density at radius 2 is 1.97 bits per heavy atom. The molecule has 4 N–H and O–H groups in total. The van der Waals surface area contributed by atoms with Gasteiger partial charge in [0.25, 0.3) is 0 Å². The van der Waals surface area contributed by atoms with Crippen molar-refractivity contribution in [2.24, 2.45) is 0 Å². The molecule has 1 aliphatic heterocycles. The Labute approximate surface area is 172 Å². The predicted molar refractivity (Wildman–Crippen MR) is 112 cm³/mol. The number of likely N-dealkylation sites (tertiary alicyclic amines) is 1. The smallest absolute Gasteiger partial charge is 0.229 e. The molecule has 8 nitrogen and oxygen atoms in total. The first-order valence-corrected chi connectivity index (χ1v) is 9.70. The van der Waals surface area contributed by atoms with E-state index in [1.54, 1.807) is 12.3 Å². The molecule has 29 heavy (non-hydrogen) atoms. The van der Waals surface area contributed by atoms with Gasteiger partial charge in [-0.05, 0) is 51.2 Å². The van der Waals surface area contributed by atoms with Crippen molar-refractivity contribution in [2.45, 2.75) is 18.9 Å². The molecule has 1 fully saturated rings. The summed E-state index contributed by atoms with van der Waals surface area (Å²) >= 11 is 6.20. The van der Waals surface area contributed by atoms with Crippen LogP contribution >= 0.6 is 11.6 Å². The number of aromatic nitrogens is 4. The van der Waals surface area contributed by atoms with Crippen LogP contribution in [0.25, 0.3) is 0 Å². The van der Waals surface area contributed by atoms with Gasteiger partial charge in [-0.3, -0.25) is 4.68 Å². The number of nitrogen functional groups attached to an aromatic ring is 1. The van der Waals surface area contributed by atoms with E-state index in [1.807, 2.05) is 10.9 Å².